The summed E-state index contributed by atoms with van der Waals surface area (Å²) in [6.45, 7) is 5.02. The summed E-state index contributed by atoms with van der Waals surface area (Å²) in [5.74, 6) is 0.0122. The minimum Gasteiger partial charge on any atom is -0.342 e. The first kappa shape index (κ1) is 15.5. The molecule has 1 aromatic heterocycles. The highest BCUT2D eigenvalue weighted by molar-refractivity contribution is 5.93. The Morgan fingerprint density at radius 1 is 1.33 bits per heavy atom. The number of nitrogens with zero attached hydrogens (tertiary/aromatic N) is 3. The van der Waals surface area contributed by atoms with Gasteiger partial charge in [-0.15, -0.1) is 0 Å². The number of nitrogens with one attached hydrogen (secondary N) is 1. The van der Waals surface area contributed by atoms with Crippen LogP contribution in [0, 0.1) is 0 Å². The highest BCUT2D eigenvalue weighted by Crippen LogP contribution is 2.22. The van der Waals surface area contributed by atoms with E-state index in [1.807, 2.05) is 38.2 Å². The molecule has 2 heterocycles. The van der Waals surface area contributed by atoms with Crippen LogP contribution in [0.5, 0.6) is 0 Å². The molecule has 21 heavy (non-hydrogen) atoms. The topological polar surface area (TPSA) is 67.2 Å². The highest BCUT2D eigenvalue weighted by Gasteiger charge is 2.41. The first-order valence-corrected chi connectivity index (χ1v) is 7.58. The largest absolute Gasteiger partial charge is 0.342 e. The molecule has 0 saturated carbocycles. The van der Waals surface area contributed by atoms with Crippen molar-refractivity contribution < 1.29 is 9.59 Å². The normalized spacial score (nSPS) is 18.5. The SMILES string of the molecule is CCC1(CC)NC(=O)CCN(CCc2cnn(C)c2)C1=O. The zero-order chi connectivity index (χ0) is 15.5. The zero-order valence-electron chi connectivity index (χ0n) is 13.1. The molecule has 1 aromatic rings. The van der Waals surface area contributed by atoms with Gasteiger partial charge in [0.05, 0.1) is 6.20 Å². The molecule has 6 nitrogen and oxygen atoms in total. The van der Waals surface area contributed by atoms with E-state index in [0.29, 0.717) is 32.4 Å². The maximum Gasteiger partial charge on any atom is 0.248 e. The predicted molar refractivity (Wildman–Crippen MR) is 79.6 cm³/mol. The van der Waals surface area contributed by atoms with Gasteiger partial charge in [-0.3, -0.25) is 14.3 Å². The van der Waals surface area contributed by atoms with Crippen LogP contribution in [-0.4, -0.2) is 45.1 Å². The second kappa shape index (κ2) is 6.28. The van der Waals surface area contributed by atoms with Crippen LogP contribution in [0.25, 0.3) is 0 Å². The molecule has 0 aliphatic carbocycles. The lowest BCUT2D eigenvalue weighted by Crippen LogP contribution is -2.56. The van der Waals surface area contributed by atoms with E-state index in [2.05, 4.69) is 10.4 Å². The Balaban J connectivity index is 2.10. The van der Waals surface area contributed by atoms with Crippen LogP contribution in [0.2, 0.25) is 0 Å². The minimum atomic E-state index is -0.734. The smallest absolute Gasteiger partial charge is 0.248 e. The molecular formula is C15H24N4O2. The molecule has 0 atom stereocenters. The molecular weight excluding hydrogens is 268 g/mol. The van der Waals surface area contributed by atoms with Crippen LogP contribution < -0.4 is 5.32 Å². The summed E-state index contributed by atoms with van der Waals surface area (Å²) < 4.78 is 1.76. The molecule has 0 radical (unpaired) electrons. The van der Waals surface area contributed by atoms with Gasteiger partial charge in [-0.1, -0.05) is 13.8 Å². The first-order valence-electron chi connectivity index (χ1n) is 7.58. The molecule has 2 rings (SSSR count). The Labute approximate surface area is 125 Å². The third kappa shape index (κ3) is 3.25. The lowest BCUT2D eigenvalue weighted by Gasteiger charge is -2.33. The Morgan fingerprint density at radius 2 is 2.05 bits per heavy atom. The van der Waals surface area contributed by atoms with E-state index >= 15 is 0 Å². The number of hydrogen-bond donors (Lipinski definition) is 1. The van der Waals surface area contributed by atoms with Crippen molar-refractivity contribution in [2.75, 3.05) is 13.1 Å². The third-order valence-electron chi connectivity index (χ3n) is 4.32. The van der Waals surface area contributed by atoms with E-state index in [-0.39, 0.29) is 11.8 Å². The molecule has 6 heteroatoms. The van der Waals surface area contributed by atoms with E-state index in [9.17, 15) is 9.59 Å². The summed E-state index contributed by atoms with van der Waals surface area (Å²) in [7, 11) is 1.88. The van der Waals surface area contributed by atoms with Crippen molar-refractivity contribution in [1.82, 2.24) is 20.0 Å². The van der Waals surface area contributed by atoms with Crippen LogP contribution in [-0.2, 0) is 23.1 Å². The number of carbonyl (C=O) groups is 2. The van der Waals surface area contributed by atoms with E-state index in [0.717, 1.165) is 12.0 Å². The average molecular weight is 292 g/mol. The number of rotatable bonds is 5. The van der Waals surface area contributed by atoms with E-state index < -0.39 is 5.54 Å². The summed E-state index contributed by atoms with van der Waals surface area (Å²) in [5, 5.41) is 7.06. The molecule has 1 fully saturated rings. The van der Waals surface area contributed by atoms with Crippen molar-refractivity contribution >= 4 is 11.8 Å². The average Bonchev–Trinajstić information content (AvgIpc) is 2.84. The van der Waals surface area contributed by atoms with Crippen LogP contribution in [0.4, 0.5) is 0 Å². The van der Waals surface area contributed by atoms with E-state index in [1.54, 1.807) is 4.68 Å². The second-order valence-corrected chi connectivity index (χ2v) is 5.65. The van der Waals surface area contributed by atoms with Gasteiger partial charge < -0.3 is 10.2 Å². The monoisotopic (exact) mass is 292 g/mol. The summed E-state index contributed by atoms with van der Waals surface area (Å²) in [6, 6.07) is 0. The van der Waals surface area contributed by atoms with Gasteiger partial charge in [-0.05, 0) is 24.8 Å². The van der Waals surface area contributed by atoms with Gasteiger partial charge in [0.2, 0.25) is 11.8 Å². The van der Waals surface area contributed by atoms with Gasteiger partial charge >= 0.3 is 0 Å². The Bertz CT molecular complexity index is 519. The number of carbonyl (C=O) groups excluding carboxylic acids is 2. The molecule has 2 amide bonds. The summed E-state index contributed by atoms with van der Waals surface area (Å²) >= 11 is 0. The zero-order valence-corrected chi connectivity index (χ0v) is 13.1. The third-order valence-corrected chi connectivity index (χ3v) is 4.32. The highest BCUT2D eigenvalue weighted by atomic mass is 16.2. The van der Waals surface area contributed by atoms with Crippen molar-refractivity contribution in [2.24, 2.45) is 7.05 Å². The van der Waals surface area contributed by atoms with Gasteiger partial charge in [0.15, 0.2) is 0 Å². The maximum absolute atomic E-state index is 12.8. The van der Waals surface area contributed by atoms with Crippen LogP contribution >= 0.6 is 0 Å². The van der Waals surface area contributed by atoms with Crippen LogP contribution in [0.3, 0.4) is 0 Å². The van der Waals surface area contributed by atoms with Crippen molar-refractivity contribution in [3.05, 3.63) is 18.0 Å². The fourth-order valence-corrected chi connectivity index (χ4v) is 2.83. The van der Waals surface area contributed by atoms with E-state index in [4.69, 9.17) is 0 Å². The molecule has 0 unspecified atom stereocenters. The predicted octanol–water partition coefficient (Wildman–Crippen LogP) is 0.870. The number of hydrogen-bond acceptors (Lipinski definition) is 3. The fraction of sp³-hybridized carbons (Fsp3) is 0.667. The minimum absolute atomic E-state index is 0.0315. The van der Waals surface area contributed by atoms with E-state index in [1.165, 1.54) is 0 Å². The Hall–Kier alpha value is -1.85. The number of amides is 2. The van der Waals surface area contributed by atoms with Gasteiger partial charge in [-0.25, -0.2) is 0 Å². The van der Waals surface area contributed by atoms with Gasteiger partial charge in [0.1, 0.15) is 5.54 Å². The number of aromatic nitrogens is 2. The van der Waals surface area contributed by atoms with Crippen LogP contribution in [0.15, 0.2) is 12.4 Å². The van der Waals surface area contributed by atoms with Crippen molar-refractivity contribution in [3.63, 3.8) is 0 Å². The molecule has 1 N–H and O–H groups in total. The first-order chi connectivity index (χ1) is 10.0. The van der Waals surface area contributed by atoms with Crippen molar-refractivity contribution in [2.45, 2.75) is 45.1 Å². The number of aryl methyl sites for hydroxylation is 1. The fourth-order valence-electron chi connectivity index (χ4n) is 2.83. The van der Waals surface area contributed by atoms with Gasteiger partial charge in [-0.2, -0.15) is 5.10 Å². The van der Waals surface area contributed by atoms with Crippen LogP contribution in [0.1, 0.15) is 38.7 Å². The molecule has 0 aromatic carbocycles. The van der Waals surface area contributed by atoms with Gasteiger partial charge in [0, 0.05) is 32.8 Å². The second-order valence-electron chi connectivity index (χ2n) is 5.65. The quantitative estimate of drug-likeness (QED) is 0.875. The van der Waals surface area contributed by atoms with Gasteiger partial charge in [0.25, 0.3) is 0 Å². The molecule has 1 aliphatic rings. The summed E-state index contributed by atoms with van der Waals surface area (Å²) in [4.78, 5) is 26.5. The Morgan fingerprint density at radius 3 is 2.62 bits per heavy atom. The molecule has 0 spiro atoms. The summed E-state index contributed by atoms with van der Waals surface area (Å²) in [6.07, 6.45) is 6.16. The molecule has 116 valence electrons. The van der Waals surface area contributed by atoms with Crippen molar-refractivity contribution in [1.29, 1.82) is 0 Å². The lowest BCUT2D eigenvalue weighted by atomic mass is 9.91. The maximum atomic E-state index is 12.8. The molecule has 1 aliphatic heterocycles. The standard InChI is InChI=1S/C15H24N4O2/c1-4-15(5-2)14(21)19(9-7-13(20)17-15)8-6-12-10-16-18(3)11-12/h10-11H,4-9H2,1-3H3,(H,17,20). The molecule has 0 bridgehead atoms. The Kier molecular flexibility index (Phi) is 4.65. The lowest BCUT2D eigenvalue weighted by molar-refractivity contribution is -0.139. The van der Waals surface area contributed by atoms with Crippen molar-refractivity contribution in [3.8, 4) is 0 Å². The summed E-state index contributed by atoms with van der Waals surface area (Å²) in [5.41, 5.74) is 0.370. The molecule has 1 saturated heterocycles.